The van der Waals surface area contributed by atoms with Crippen molar-refractivity contribution >= 4 is 0 Å². The summed E-state index contributed by atoms with van der Waals surface area (Å²) >= 11 is 0. The first kappa shape index (κ1) is 12.6. The third kappa shape index (κ3) is 2.86. The van der Waals surface area contributed by atoms with Crippen molar-refractivity contribution in [2.45, 2.75) is 51.6 Å². The fourth-order valence-corrected chi connectivity index (χ4v) is 2.58. The van der Waals surface area contributed by atoms with E-state index >= 15 is 0 Å². The highest BCUT2D eigenvalue weighted by atomic mass is 19.1. The third-order valence-electron chi connectivity index (χ3n) is 4.01. The van der Waals surface area contributed by atoms with Crippen molar-refractivity contribution in [1.82, 2.24) is 5.32 Å². The minimum Gasteiger partial charge on any atom is -0.307 e. The van der Waals surface area contributed by atoms with Crippen molar-refractivity contribution in [2.75, 3.05) is 0 Å². The lowest BCUT2D eigenvalue weighted by molar-refractivity contribution is 0.224. The van der Waals surface area contributed by atoms with Gasteiger partial charge in [-0.15, -0.1) is 0 Å². The molecule has 2 rings (SSSR count). The van der Waals surface area contributed by atoms with Gasteiger partial charge in [0.2, 0.25) is 0 Å². The van der Waals surface area contributed by atoms with Gasteiger partial charge in [-0.1, -0.05) is 31.5 Å². The Kier molecular flexibility index (Phi) is 4.16. The SMILES string of the molecule is CCC(NC(C)C1CCC1)c1ccccc1F. The van der Waals surface area contributed by atoms with Crippen LogP contribution >= 0.6 is 0 Å². The molecule has 1 aromatic rings. The Balaban J connectivity index is 2.03. The predicted octanol–water partition coefficient (Wildman–Crippen LogP) is 4.06. The van der Waals surface area contributed by atoms with Gasteiger partial charge >= 0.3 is 0 Å². The van der Waals surface area contributed by atoms with Crippen LogP contribution in [0, 0.1) is 11.7 Å². The van der Waals surface area contributed by atoms with Crippen LogP contribution in [0.5, 0.6) is 0 Å². The number of hydrogen-bond acceptors (Lipinski definition) is 1. The Hall–Kier alpha value is -0.890. The molecule has 0 bridgehead atoms. The van der Waals surface area contributed by atoms with Gasteiger partial charge < -0.3 is 5.32 Å². The molecule has 1 N–H and O–H groups in total. The maximum absolute atomic E-state index is 13.7. The second-order valence-corrected chi connectivity index (χ2v) is 5.13. The molecule has 1 aliphatic rings. The van der Waals surface area contributed by atoms with Gasteiger partial charge in [-0.3, -0.25) is 0 Å². The van der Waals surface area contributed by atoms with E-state index in [1.165, 1.54) is 19.3 Å². The van der Waals surface area contributed by atoms with Crippen LogP contribution in [-0.4, -0.2) is 6.04 Å². The molecule has 2 heteroatoms. The monoisotopic (exact) mass is 235 g/mol. The van der Waals surface area contributed by atoms with Gasteiger partial charge in [0.1, 0.15) is 5.82 Å². The van der Waals surface area contributed by atoms with E-state index in [9.17, 15) is 4.39 Å². The lowest BCUT2D eigenvalue weighted by Gasteiger charge is -2.34. The molecular weight excluding hydrogens is 213 g/mol. The molecule has 1 aliphatic carbocycles. The molecular formula is C15H22FN. The van der Waals surface area contributed by atoms with Crippen molar-refractivity contribution in [3.8, 4) is 0 Å². The standard InChI is InChI=1S/C15H22FN/c1-3-15(13-9-4-5-10-14(13)16)17-11(2)12-7-6-8-12/h4-5,9-12,15,17H,3,6-8H2,1-2H3. The predicted molar refractivity (Wildman–Crippen MR) is 69.4 cm³/mol. The van der Waals surface area contributed by atoms with Gasteiger partial charge in [-0.05, 0) is 38.2 Å². The minimum atomic E-state index is -0.0901. The summed E-state index contributed by atoms with van der Waals surface area (Å²) in [6, 6.07) is 7.75. The molecule has 0 saturated heterocycles. The number of hydrogen-bond donors (Lipinski definition) is 1. The summed E-state index contributed by atoms with van der Waals surface area (Å²) in [6.07, 6.45) is 4.93. The van der Waals surface area contributed by atoms with Crippen LogP contribution < -0.4 is 5.32 Å². The fraction of sp³-hybridized carbons (Fsp3) is 0.600. The number of benzene rings is 1. The zero-order valence-electron chi connectivity index (χ0n) is 10.7. The molecule has 1 fully saturated rings. The normalized spacial score (nSPS) is 19.7. The molecule has 0 spiro atoms. The molecule has 0 aromatic heterocycles. The van der Waals surface area contributed by atoms with Crippen LogP contribution in [0.3, 0.4) is 0 Å². The highest BCUT2D eigenvalue weighted by Crippen LogP contribution is 2.31. The van der Waals surface area contributed by atoms with Crippen LogP contribution in [0.25, 0.3) is 0 Å². The molecule has 0 amide bonds. The molecule has 2 unspecified atom stereocenters. The van der Waals surface area contributed by atoms with Crippen LogP contribution in [0.4, 0.5) is 4.39 Å². The molecule has 1 nitrogen and oxygen atoms in total. The molecule has 0 heterocycles. The third-order valence-corrected chi connectivity index (χ3v) is 4.01. The maximum Gasteiger partial charge on any atom is 0.127 e. The van der Waals surface area contributed by atoms with Crippen LogP contribution in [0.1, 0.15) is 51.1 Å². The second-order valence-electron chi connectivity index (χ2n) is 5.13. The van der Waals surface area contributed by atoms with Gasteiger partial charge in [-0.25, -0.2) is 4.39 Å². The fourth-order valence-electron chi connectivity index (χ4n) is 2.58. The van der Waals surface area contributed by atoms with E-state index < -0.39 is 0 Å². The van der Waals surface area contributed by atoms with Crippen molar-refractivity contribution < 1.29 is 4.39 Å². The van der Waals surface area contributed by atoms with E-state index in [1.54, 1.807) is 12.1 Å². The molecule has 17 heavy (non-hydrogen) atoms. The quantitative estimate of drug-likeness (QED) is 0.811. The summed E-state index contributed by atoms with van der Waals surface area (Å²) in [5.74, 6) is 0.698. The first-order valence-corrected chi connectivity index (χ1v) is 6.72. The molecule has 1 aromatic carbocycles. The van der Waals surface area contributed by atoms with E-state index in [1.807, 2.05) is 12.1 Å². The average Bonchev–Trinajstić information content (AvgIpc) is 2.24. The lowest BCUT2D eigenvalue weighted by Crippen LogP contribution is -2.39. The maximum atomic E-state index is 13.7. The Morgan fingerprint density at radius 2 is 2.06 bits per heavy atom. The van der Waals surface area contributed by atoms with Crippen LogP contribution in [0.2, 0.25) is 0 Å². The van der Waals surface area contributed by atoms with Gasteiger partial charge in [0, 0.05) is 17.6 Å². The van der Waals surface area contributed by atoms with Crippen molar-refractivity contribution in [3.05, 3.63) is 35.6 Å². The molecule has 0 aliphatic heterocycles. The topological polar surface area (TPSA) is 12.0 Å². The Labute approximate surface area is 103 Å². The number of halogens is 1. The highest BCUT2D eigenvalue weighted by molar-refractivity contribution is 5.21. The summed E-state index contributed by atoms with van der Waals surface area (Å²) in [4.78, 5) is 0. The number of rotatable bonds is 5. The highest BCUT2D eigenvalue weighted by Gasteiger charge is 2.26. The number of nitrogens with one attached hydrogen (secondary N) is 1. The largest absolute Gasteiger partial charge is 0.307 e. The summed E-state index contributed by atoms with van der Waals surface area (Å²) < 4.78 is 13.7. The first-order chi connectivity index (χ1) is 8.22. The second kappa shape index (κ2) is 5.63. The Morgan fingerprint density at radius 1 is 1.35 bits per heavy atom. The molecule has 1 saturated carbocycles. The molecule has 2 atom stereocenters. The van der Waals surface area contributed by atoms with Crippen molar-refractivity contribution in [2.24, 2.45) is 5.92 Å². The summed E-state index contributed by atoms with van der Waals surface area (Å²) in [5, 5.41) is 3.59. The van der Waals surface area contributed by atoms with Gasteiger partial charge in [0.15, 0.2) is 0 Å². The van der Waals surface area contributed by atoms with Crippen molar-refractivity contribution in [3.63, 3.8) is 0 Å². The van der Waals surface area contributed by atoms with E-state index in [2.05, 4.69) is 19.2 Å². The Bertz CT molecular complexity index is 360. The Morgan fingerprint density at radius 3 is 2.59 bits per heavy atom. The van der Waals surface area contributed by atoms with E-state index in [-0.39, 0.29) is 11.9 Å². The lowest BCUT2D eigenvalue weighted by atomic mass is 9.80. The smallest absolute Gasteiger partial charge is 0.127 e. The van der Waals surface area contributed by atoms with Gasteiger partial charge in [-0.2, -0.15) is 0 Å². The summed E-state index contributed by atoms with van der Waals surface area (Å²) in [6.45, 7) is 4.34. The van der Waals surface area contributed by atoms with Crippen LogP contribution in [0.15, 0.2) is 24.3 Å². The summed E-state index contributed by atoms with van der Waals surface area (Å²) in [7, 11) is 0. The average molecular weight is 235 g/mol. The van der Waals surface area contributed by atoms with Gasteiger partial charge in [0.25, 0.3) is 0 Å². The molecule has 0 radical (unpaired) electrons. The van der Waals surface area contributed by atoms with Crippen LogP contribution in [-0.2, 0) is 0 Å². The van der Waals surface area contributed by atoms with Gasteiger partial charge in [0.05, 0.1) is 0 Å². The van der Waals surface area contributed by atoms with E-state index in [4.69, 9.17) is 0 Å². The summed E-state index contributed by atoms with van der Waals surface area (Å²) in [5.41, 5.74) is 0.807. The van der Waals surface area contributed by atoms with E-state index in [0.29, 0.717) is 6.04 Å². The first-order valence-electron chi connectivity index (χ1n) is 6.72. The minimum absolute atomic E-state index is 0.0901. The van der Waals surface area contributed by atoms with E-state index in [0.717, 1.165) is 17.9 Å². The van der Waals surface area contributed by atoms with Crippen molar-refractivity contribution in [1.29, 1.82) is 0 Å². The zero-order chi connectivity index (χ0) is 12.3. The zero-order valence-corrected chi connectivity index (χ0v) is 10.7. The molecule has 94 valence electrons.